The minimum Gasteiger partial charge on any atom is -0.365 e. The number of hydrogen-bond acceptors (Lipinski definition) is 3. The predicted octanol–water partition coefficient (Wildman–Crippen LogP) is 4.58. The highest BCUT2D eigenvalue weighted by Gasteiger charge is 2.29. The summed E-state index contributed by atoms with van der Waals surface area (Å²) in [7, 11) is 0. The molecule has 20 heavy (non-hydrogen) atoms. The van der Waals surface area contributed by atoms with E-state index in [-0.39, 0.29) is 10.6 Å². The smallest absolute Gasteiger partial charge is 0.271 e. The summed E-state index contributed by atoms with van der Waals surface area (Å²) in [6.45, 7) is 6.41. The highest BCUT2D eigenvalue weighted by molar-refractivity contribution is 6.33. The Kier molecular flexibility index (Phi) is 4.53. The molecule has 0 aliphatic carbocycles. The Morgan fingerprint density at radius 2 is 1.95 bits per heavy atom. The van der Waals surface area contributed by atoms with Crippen LogP contribution in [0.4, 0.5) is 11.4 Å². The maximum Gasteiger partial charge on any atom is 0.271 e. The first-order chi connectivity index (χ1) is 9.45. The van der Waals surface area contributed by atoms with Crippen LogP contribution in [0.15, 0.2) is 12.1 Å². The Morgan fingerprint density at radius 1 is 1.35 bits per heavy atom. The van der Waals surface area contributed by atoms with Crippen LogP contribution in [0.2, 0.25) is 5.02 Å². The number of nitrogens with zero attached hydrogens (tertiary/aromatic N) is 2. The Balaban J connectivity index is 2.52. The number of non-ortho nitro benzene ring substituents is 1. The second kappa shape index (κ2) is 6.00. The number of aryl methyl sites for hydroxylation is 1. The molecule has 0 bridgehead atoms. The van der Waals surface area contributed by atoms with Gasteiger partial charge < -0.3 is 4.90 Å². The topological polar surface area (TPSA) is 46.4 Å². The number of benzene rings is 1. The van der Waals surface area contributed by atoms with Gasteiger partial charge in [-0.2, -0.15) is 0 Å². The van der Waals surface area contributed by atoms with Crippen molar-refractivity contribution >= 4 is 23.0 Å². The molecule has 1 aromatic carbocycles. The third kappa shape index (κ3) is 2.75. The van der Waals surface area contributed by atoms with E-state index in [4.69, 9.17) is 11.6 Å². The number of hydrogen-bond donors (Lipinski definition) is 0. The molecule has 5 heteroatoms. The zero-order chi connectivity index (χ0) is 14.9. The highest BCUT2D eigenvalue weighted by Crippen LogP contribution is 2.39. The van der Waals surface area contributed by atoms with E-state index in [0.717, 1.165) is 30.5 Å². The molecule has 4 nitrogen and oxygen atoms in total. The van der Waals surface area contributed by atoms with Crippen molar-refractivity contribution in [3.05, 3.63) is 32.8 Å². The van der Waals surface area contributed by atoms with Gasteiger partial charge in [-0.25, -0.2) is 0 Å². The average Bonchev–Trinajstić information content (AvgIpc) is 2.39. The standard InChI is InChI=1S/C15H21ClN2O2/c1-4-12-8-13(18(19)20)9-14(16)15(12)17-10(2)6-5-7-11(17)3/h8-11H,4-7H2,1-3H3. The second-order valence-electron chi connectivity index (χ2n) is 5.58. The second-order valence-corrected chi connectivity index (χ2v) is 5.99. The normalized spacial score (nSPS) is 22.9. The zero-order valence-corrected chi connectivity index (χ0v) is 13.0. The quantitative estimate of drug-likeness (QED) is 0.606. The summed E-state index contributed by atoms with van der Waals surface area (Å²) in [6, 6.07) is 3.98. The lowest BCUT2D eigenvalue weighted by Gasteiger charge is -2.42. The van der Waals surface area contributed by atoms with Crippen LogP contribution < -0.4 is 4.90 Å². The summed E-state index contributed by atoms with van der Waals surface area (Å²) in [5.41, 5.74) is 2.03. The number of nitro benzene ring substituents is 1. The number of halogens is 1. The highest BCUT2D eigenvalue weighted by atomic mass is 35.5. The van der Waals surface area contributed by atoms with Gasteiger partial charge in [-0.15, -0.1) is 0 Å². The van der Waals surface area contributed by atoms with E-state index in [1.54, 1.807) is 6.07 Å². The molecule has 0 saturated carbocycles. The molecule has 1 aromatic rings. The molecule has 1 aliphatic rings. The largest absolute Gasteiger partial charge is 0.365 e. The average molecular weight is 297 g/mol. The van der Waals surface area contributed by atoms with Crippen molar-refractivity contribution in [2.24, 2.45) is 0 Å². The summed E-state index contributed by atoms with van der Waals surface area (Å²) in [5, 5.41) is 11.5. The molecule has 2 atom stereocenters. The summed E-state index contributed by atoms with van der Waals surface area (Å²) in [5.74, 6) is 0. The first-order valence-corrected chi connectivity index (χ1v) is 7.58. The van der Waals surface area contributed by atoms with Gasteiger partial charge in [0.05, 0.1) is 15.6 Å². The monoisotopic (exact) mass is 296 g/mol. The van der Waals surface area contributed by atoms with Crippen LogP contribution >= 0.6 is 11.6 Å². The molecule has 1 saturated heterocycles. The van der Waals surface area contributed by atoms with E-state index in [2.05, 4.69) is 18.7 Å². The lowest BCUT2D eigenvalue weighted by atomic mass is 9.95. The molecule has 0 N–H and O–H groups in total. The first-order valence-electron chi connectivity index (χ1n) is 7.20. The minimum absolute atomic E-state index is 0.0768. The number of rotatable bonds is 3. The fourth-order valence-corrected chi connectivity index (χ4v) is 3.50. The fourth-order valence-electron chi connectivity index (χ4n) is 3.17. The predicted molar refractivity (Wildman–Crippen MR) is 82.7 cm³/mol. The Labute approximate surface area is 124 Å². The third-order valence-corrected chi connectivity index (χ3v) is 4.46. The molecule has 1 aliphatic heterocycles. The maximum atomic E-state index is 11.0. The third-order valence-electron chi connectivity index (χ3n) is 4.17. The SMILES string of the molecule is CCc1cc([N+](=O)[O-])cc(Cl)c1N1C(C)CCCC1C. The van der Waals surface area contributed by atoms with Crippen LogP contribution in [0, 0.1) is 10.1 Å². The van der Waals surface area contributed by atoms with E-state index in [1.807, 2.05) is 6.92 Å². The lowest BCUT2D eigenvalue weighted by molar-refractivity contribution is -0.384. The van der Waals surface area contributed by atoms with Crippen LogP contribution in [-0.2, 0) is 6.42 Å². The van der Waals surface area contributed by atoms with Gasteiger partial charge in [-0.05, 0) is 45.1 Å². The summed E-state index contributed by atoms with van der Waals surface area (Å²) in [6.07, 6.45) is 4.25. The molecule has 0 aromatic heterocycles. The van der Waals surface area contributed by atoms with Gasteiger partial charge in [0.25, 0.3) is 5.69 Å². The van der Waals surface area contributed by atoms with Crippen molar-refractivity contribution < 1.29 is 4.92 Å². The van der Waals surface area contributed by atoms with Crippen LogP contribution in [0.1, 0.15) is 45.6 Å². The number of nitro groups is 1. The Bertz CT molecular complexity index is 509. The van der Waals surface area contributed by atoms with Crippen molar-refractivity contribution in [1.82, 2.24) is 0 Å². The first kappa shape index (κ1) is 15.1. The summed E-state index contributed by atoms with van der Waals surface area (Å²) in [4.78, 5) is 12.9. The molecule has 0 spiro atoms. The van der Waals surface area contributed by atoms with E-state index in [9.17, 15) is 10.1 Å². The van der Waals surface area contributed by atoms with Crippen molar-refractivity contribution in [3.63, 3.8) is 0 Å². The summed E-state index contributed by atoms with van der Waals surface area (Å²) >= 11 is 6.38. The molecule has 1 heterocycles. The van der Waals surface area contributed by atoms with Crippen LogP contribution in [-0.4, -0.2) is 17.0 Å². The van der Waals surface area contributed by atoms with Crippen molar-refractivity contribution in [1.29, 1.82) is 0 Å². The van der Waals surface area contributed by atoms with Crippen molar-refractivity contribution in [2.45, 2.75) is 58.5 Å². The molecule has 0 radical (unpaired) electrons. The lowest BCUT2D eigenvalue weighted by Crippen LogP contribution is -2.44. The molecular formula is C15H21ClN2O2. The van der Waals surface area contributed by atoms with Crippen LogP contribution in [0.3, 0.4) is 0 Å². The van der Waals surface area contributed by atoms with Crippen molar-refractivity contribution in [3.8, 4) is 0 Å². The number of anilines is 1. The number of piperidine rings is 1. The van der Waals surface area contributed by atoms with Crippen LogP contribution in [0.25, 0.3) is 0 Å². The molecule has 110 valence electrons. The Morgan fingerprint density at radius 3 is 2.45 bits per heavy atom. The van der Waals surface area contributed by atoms with Gasteiger partial charge in [0.2, 0.25) is 0 Å². The van der Waals surface area contributed by atoms with Gasteiger partial charge >= 0.3 is 0 Å². The van der Waals surface area contributed by atoms with Crippen molar-refractivity contribution in [2.75, 3.05) is 4.90 Å². The van der Waals surface area contributed by atoms with E-state index in [0.29, 0.717) is 17.1 Å². The minimum atomic E-state index is -0.377. The van der Waals surface area contributed by atoms with Gasteiger partial charge in [0, 0.05) is 24.2 Å². The molecule has 0 amide bonds. The molecular weight excluding hydrogens is 276 g/mol. The fraction of sp³-hybridized carbons (Fsp3) is 0.600. The van der Waals surface area contributed by atoms with E-state index >= 15 is 0 Å². The van der Waals surface area contributed by atoms with E-state index < -0.39 is 0 Å². The molecule has 2 unspecified atom stereocenters. The van der Waals surface area contributed by atoms with Gasteiger partial charge in [-0.1, -0.05) is 18.5 Å². The zero-order valence-electron chi connectivity index (χ0n) is 12.2. The van der Waals surface area contributed by atoms with Gasteiger partial charge in [0.1, 0.15) is 0 Å². The molecule has 1 fully saturated rings. The Hall–Kier alpha value is -1.29. The summed E-state index contributed by atoms with van der Waals surface area (Å²) < 4.78 is 0. The van der Waals surface area contributed by atoms with Crippen LogP contribution in [0.5, 0.6) is 0 Å². The molecule has 2 rings (SSSR count). The van der Waals surface area contributed by atoms with Gasteiger partial charge in [0.15, 0.2) is 0 Å². The maximum absolute atomic E-state index is 11.0. The van der Waals surface area contributed by atoms with E-state index in [1.165, 1.54) is 12.5 Å². The van der Waals surface area contributed by atoms with Gasteiger partial charge in [-0.3, -0.25) is 10.1 Å².